The van der Waals surface area contributed by atoms with Gasteiger partial charge in [-0.1, -0.05) is 13.8 Å². The summed E-state index contributed by atoms with van der Waals surface area (Å²) >= 11 is 0. The second-order valence-corrected chi connectivity index (χ2v) is 5.80. The van der Waals surface area contributed by atoms with E-state index in [4.69, 9.17) is 10.5 Å². The first-order valence-corrected chi connectivity index (χ1v) is 7.53. The lowest BCUT2D eigenvalue weighted by atomic mass is 10.1. The minimum absolute atomic E-state index is 0.0298. The normalized spacial score (nSPS) is 21.1. The fourth-order valence-corrected chi connectivity index (χ4v) is 2.08. The average molecular weight is 300 g/mol. The molecular formula is C14H28N4O3. The molecule has 1 unspecified atom stereocenters. The Balaban J connectivity index is 2.15. The molecule has 0 radical (unpaired) electrons. The van der Waals surface area contributed by atoms with Crippen LogP contribution in [0.1, 0.15) is 20.8 Å². The average Bonchev–Trinajstić information content (AvgIpc) is 2.45. The molecule has 4 N–H and O–H groups in total. The van der Waals surface area contributed by atoms with E-state index < -0.39 is 6.04 Å². The van der Waals surface area contributed by atoms with Gasteiger partial charge in [0.25, 0.3) is 0 Å². The zero-order valence-electron chi connectivity index (χ0n) is 13.2. The van der Waals surface area contributed by atoms with Gasteiger partial charge >= 0.3 is 0 Å². The third-order valence-corrected chi connectivity index (χ3v) is 3.67. The van der Waals surface area contributed by atoms with Gasteiger partial charge in [0.1, 0.15) is 0 Å². The van der Waals surface area contributed by atoms with Crippen LogP contribution >= 0.6 is 0 Å². The van der Waals surface area contributed by atoms with E-state index in [1.807, 2.05) is 13.8 Å². The summed E-state index contributed by atoms with van der Waals surface area (Å²) in [6.07, 6.45) is 0. The Morgan fingerprint density at radius 3 is 2.71 bits per heavy atom. The standard InChI is InChI=1S/C14H28N4O3/c1-10(2)13(15)14(20)17-8-12(19)16-4-5-18-6-7-21-9-11(18)3/h10-11,13H,4-9,15H2,1-3H3,(H,16,19)(H,17,20)/t11?,13-/m0/s1. The van der Waals surface area contributed by atoms with E-state index in [2.05, 4.69) is 22.5 Å². The van der Waals surface area contributed by atoms with Crippen molar-refractivity contribution in [3.8, 4) is 0 Å². The van der Waals surface area contributed by atoms with Crippen LogP contribution in [0, 0.1) is 5.92 Å². The van der Waals surface area contributed by atoms with Gasteiger partial charge in [-0.25, -0.2) is 0 Å². The van der Waals surface area contributed by atoms with Gasteiger partial charge in [-0.05, 0) is 12.8 Å². The Morgan fingerprint density at radius 1 is 1.38 bits per heavy atom. The first-order chi connectivity index (χ1) is 9.91. The molecule has 7 nitrogen and oxygen atoms in total. The predicted molar refractivity (Wildman–Crippen MR) is 80.7 cm³/mol. The maximum absolute atomic E-state index is 11.7. The van der Waals surface area contributed by atoms with Crippen LogP contribution in [-0.4, -0.2) is 68.2 Å². The molecule has 122 valence electrons. The highest BCUT2D eigenvalue weighted by molar-refractivity contribution is 5.87. The summed E-state index contributed by atoms with van der Waals surface area (Å²) in [4.78, 5) is 25.5. The Morgan fingerprint density at radius 2 is 2.10 bits per heavy atom. The number of rotatable bonds is 7. The highest BCUT2D eigenvalue weighted by atomic mass is 16.5. The van der Waals surface area contributed by atoms with Crippen molar-refractivity contribution in [1.82, 2.24) is 15.5 Å². The predicted octanol–water partition coefficient (Wildman–Crippen LogP) is -1.08. The van der Waals surface area contributed by atoms with Crippen LogP contribution in [0.2, 0.25) is 0 Å². The molecule has 1 heterocycles. The largest absolute Gasteiger partial charge is 0.379 e. The van der Waals surface area contributed by atoms with Crippen LogP contribution in [0.25, 0.3) is 0 Å². The van der Waals surface area contributed by atoms with Crippen LogP contribution in [0.3, 0.4) is 0 Å². The zero-order chi connectivity index (χ0) is 15.8. The van der Waals surface area contributed by atoms with Crippen LogP contribution in [0.4, 0.5) is 0 Å². The van der Waals surface area contributed by atoms with Crippen LogP contribution in [0.5, 0.6) is 0 Å². The lowest BCUT2D eigenvalue weighted by Gasteiger charge is -2.33. The fourth-order valence-electron chi connectivity index (χ4n) is 2.08. The number of nitrogens with zero attached hydrogens (tertiary/aromatic N) is 1. The number of morpholine rings is 1. The van der Waals surface area contributed by atoms with E-state index in [1.54, 1.807) is 0 Å². The zero-order valence-corrected chi connectivity index (χ0v) is 13.2. The molecule has 0 aliphatic carbocycles. The van der Waals surface area contributed by atoms with E-state index >= 15 is 0 Å². The molecule has 2 atom stereocenters. The molecule has 21 heavy (non-hydrogen) atoms. The third-order valence-electron chi connectivity index (χ3n) is 3.67. The van der Waals surface area contributed by atoms with Crippen molar-refractivity contribution >= 4 is 11.8 Å². The molecule has 1 aliphatic rings. The lowest BCUT2D eigenvalue weighted by Crippen LogP contribution is -2.49. The van der Waals surface area contributed by atoms with Gasteiger partial charge < -0.3 is 21.1 Å². The van der Waals surface area contributed by atoms with Crippen LogP contribution < -0.4 is 16.4 Å². The first kappa shape index (κ1) is 17.9. The molecule has 1 fully saturated rings. The summed E-state index contributed by atoms with van der Waals surface area (Å²) < 4.78 is 5.36. The second kappa shape index (κ2) is 8.96. The molecule has 2 amide bonds. The summed E-state index contributed by atoms with van der Waals surface area (Å²) in [5.41, 5.74) is 5.70. The molecule has 7 heteroatoms. The Hall–Kier alpha value is -1.18. The lowest BCUT2D eigenvalue weighted by molar-refractivity contribution is -0.127. The molecule has 1 saturated heterocycles. The fraction of sp³-hybridized carbons (Fsp3) is 0.857. The molecule has 1 rings (SSSR count). The highest BCUT2D eigenvalue weighted by Crippen LogP contribution is 2.04. The smallest absolute Gasteiger partial charge is 0.239 e. The Labute approximate surface area is 126 Å². The van der Waals surface area contributed by atoms with E-state index in [9.17, 15) is 9.59 Å². The van der Waals surface area contributed by atoms with Crippen molar-refractivity contribution in [3.63, 3.8) is 0 Å². The van der Waals surface area contributed by atoms with Crippen LogP contribution in [-0.2, 0) is 14.3 Å². The maximum atomic E-state index is 11.7. The quantitative estimate of drug-likeness (QED) is 0.556. The number of ether oxygens (including phenoxy) is 1. The molecule has 0 aromatic carbocycles. The number of carbonyl (C=O) groups is 2. The third kappa shape index (κ3) is 6.41. The molecule has 0 spiro atoms. The van der Waals surface area contributed by atoms with Gasteiger partial charge in [-0.3, -0.25) is 14.5 Å². The molecule has 0 aromatic heterocycles. The molecule has 0 aromatic rings. The number of nitrogens with one attached hydrogen (secondary N) is 2. The van der Waals surface area contributed by atoms with E-state index in [0.29, 0.717) is 12.6 Å². The molecule has 0 saturated carbocycles. The van der Waals surface area contributed by atoms with Crippen LogP contribution in [0.15, 0.2) is 0 Å². The number of hydrogen-bond acceptors (Lipinski definition) is 5. The summed E-state index contributed by atoms with van der Waals surface area (Å²) in [5, 5.41) is 5.35. The minimum atomic E-state index is -0.577. The summed E-state index contributed by atoms with van der Waals surface area (Å²) in [6, 6.07) is -0.202. The molecular weight excluding hydrogens is 272 g/mol. The summed E-state index contributed by atoms with van der Waals surface area (Å²) in [5.74, 6) is -0.432. The van der Waals surface area contributed by atoms with Gasteiger partial charge in [0.2, 0.25) is 11.8 Å². The SMILES string of the molecule is CC(C)[C@H](N)C(=O)NCC(=O)NCCN1CCOCC1C. The van der Waals surface area contributed by atoms with Crippen molar-refractivity contribution in [1.29, 1.82) is 0 Å². The van der Waals surface area contributed by atoms with E-state index in [0.717, 1.165) is 26.3 Å². The Bertz CT molecular complexity index is 349. The van der Waals surface area contributed by atoms with Gasteiger partial charge in [-0.2, -0.15) is 0 Å². The minimum Gasteiger partial charge on any atom is -0.379 e. The van der Waals surface area contributed by atoms with Crippen molar-refractivity contribution < 1.29 is 14.3 Å². The van der Waals surface area contributed by atoms with E-state index in [-0.39, 0.29) is 24.3 Å². The van der Waals surface area contributed by atoms with Gasteiger partial charge in [0.15, 0.2) is 0 Å². The van der Waals surface area contributed by atoms with E-state index in [1.165, 1.54) is 0 Å². The van der Waals surface area contributed by atoms with Gasteiger partial charge in [0, 0.05) is 25.7 Å². The van der Waals surface area contributed by atoms with Crippen molar-refractivity contribution in [2.75, 3.05) is 39.4 Å². The number of amides is 2. The highest BCUT2D eigenvalue weighted by Gasteiger charge is 2.19. The maximum Gasteiger partial charge on any atom is 0.239 e. The van der Waals surface area contributed by atoms with Gasteiger partial charge in [0.05, 0.1) is 25.8 Å². The first-order valence-electron chi connectivity index (χ1n) is 7.53. The molecule has 0 bridgehead atoms. The molecule has 1 aliphatic heterocycles. The number of hydrogen-bond donors (Lipinski definition) is 3. The topological polar surface area (TPSA) is 96.7 Å². The van der Waals surface area contributed by atoms with Crippen molar-refractivity contribution in [3.05, 3.63) is 0 Å². The monoisotopic (exact) mass is 300 g/mol. The second-order valence-electron chi connectivity index (χ2n) is 5.80. The van der Waals surface area contributed by atoms with Crippen molar-refractivity contribution in [2.24, 2.45) is 11.7 Å². The Kier molecular flexibility index (Phi) is 7.63. The summed E-state index contributed by atoms with van der Waals surface area (Å²) in [7, 11) is 0. The van der Waals surface area contributed by atoms with Gasteiger partial charge in [-0.15, -0.1) is 0 Å². The van der Waals surface area contributed by atoms with Crippen molar-refractivity contribution in [2.45, 2.75) is 32.9 Å². The number of nitrogens with two attached hydrogens (primary N) is 1. The summed E-state index contributed by atoms with van der Waals surface area (Å²) in [6.45, 7) is 9.52. The number of carbonyl (C=O) groups excluding carboxylic acids is 2.